The summed E-state index contributed by atoms with van der Waals surface area (Å²) in [6, 6.07) is 2.04. The summed E-state index contributed by atoms with van der Waals surface area (Å²) in [6.45, 7) is 9.73. The Morgan fingerprint density at radius 2 is 2.04 bits per heavy atom. The van der Waals surface area contributed by atoms with Crippen molar-refractivity contribution < 1.29 is 9.84 Å². The first kappa shape index (κ1) is 18.4. The highest BCUT2D eigenvalue weighted by Gasteiger charge is 2.26. The molecule has 7 nitrogen and oxygen atoms in total. The van der Waals surface area contributed by atoms with Crippen molar-refractivity contribution in [2.45, 2.75) is 38.6 Å². The van der Waals surface area contributed by atoms with Crippen molar-refractivity contribution in [1.29, 1.82) is 0 Å². The Labute approximate surface area is 150 Å². The molecule has 1 aliphatic carbocycles. The van der Waals surface area contributed by atoms with Gasteiger partial charge in [-0.25, -0.2) is 4.98 Å². The minimum atomic E-state index is -0.0318. The molecule has 25 heavy (non-hydrogen) atoms. The molecule has 2 heterocycles. The smallest absolute Gasteiger partial charge is 0.225 e. The molecule has 0 radical (unpaired) electrons. The summed E-state index contributed by atoms with van der Waals surface area (Å²) in [4.78, 5) is 11.7. The summed E-state index contributed by atoms with van der Waals surface area (Å²) < 4.78 is 5.38. The standard InChI is InChI=1S/C18H31N5O2/c1-13(2)16(12-24)21-18-20-15(14-3-4-14)11-17(22-18)19-5-6-23-7-9-25-10-8-23/h11,13-14,16,24H,3-10,12H2,1-2H3,(H2,19,20,21,22)/t16-/m1/s1. The van der Waals surface area contributed by atoms with Crippen LogP contribution in [-0.4, -0.2) is 72.0 Å². The first-order chi connectivity index (χ1) is 12.2. The molecule has 0 unspecified atom stereocenters. The Balaban J connectivity index is 1.61. The molecule has 0 aromatic carbocycles. The van der Waals surface area contributed by atoms with Crippen molar-refractivity contribution in [3.63, 3.8) is 0 Å². The fraction of sp³-hybridized carbons (Fsp3) is 0.778. The highest BCUT2D eigenvalue weighted by atomic mass is 16.5. The Bertz CT molecular complexity index is 544. The van der Waals surface area contributed by atoms with E-state index in [4.69, 9.17) is 4.74 Å². The molecule has 1 aromatic heterocycles. The van der Waals surface area contributed by atoms with Gasteiger partial charge in [-0.15, -0.1) is 0 Å². The summed E-state index contributed by atoms with van der Waals surface area (Å²) in [5.74, 6) is 2.37. The number of hydrogen-bond donors (Lipinski definition) is 3. The molecule has 2 fully saturated rings. The minimum absolute atomic E-state index is 0.0318. The largest absolute Gasteiger partial charge is 0.394 e. The Morgan fingerprint density at radius 3 is 2.68 bits per heavy atom. The Kier molecular flexibility index (Phi) is 6.45. The fourth-order valence-corrected chi connectivity index (χ4v) is 2.97. The van der Waals surface area contributed by atoms with Gasteiger partial charge < -0.3 is 20.5 Å². The highest BCUT2D eigenvalue weighted by molar-refractivity contribution is 5.44. The number of nitrogens with zero attached hydrogens (tertiary/aromatic N) is 3. The molecule has 1 aliphatic heterocycles. The summed E-state index contributed by atoms with van der Waals surface area (Å²) in [6.07, 6.45) is 2.41. The lowest BCUT2D eigenvalue weighted by Crippen LogP contribution is -2.39. The van der Waals surface area contributed by atoms with Crippen molar-refractivity contribution in [2.75, 3.05) is 56.6 Å². The number of hydrogen-bond acceptors (Lipinski definition) is 7. The maximum Gasteiger partial charge on any atom is 0.225 e. The molecule has 2 aliphatic rings. The monoisotopic (exact) mass is 349 g/mol. The third-order valence-corrected chi connectivity index (χ3v) is 4.90. The number of morpholine rings is 1. The van der Waals surface area contributed by atoms with Gasteiger partial charge in [-0.2, -0.15) is 4.98 Å². The molecule has 3 rings (SSSR count). The topological polar surface area (TPSA) is 82.5 Å². The predicted octanol–water partition coefficient (Wildman–Crippen LogP) is 1.53. The molecule has 1 saturated heterocycles. The SMILES string of the molecule is CC(C)[C@@H](CO)Nc1nc(NCCN2CCOCC2)cc(C2CC2)n1. The molecule has 3 N–H and O–H groups in total. The number of anilines is 2. The molecule has 0 bridgehead atoms. The van der Waals surface area contributed by atoms with E-state index in [1.165, 1.54) is 12.8 Å². The molecule has 0 spiro atoms. The van der Waals surface area contributed by atoms with Crippen molar-refractivity contribution in [3.8, 4) is 0 Å². The van der Waals surface area contributed by atoms with E-state index in [0.29, 0.717) is 17.8 Å². The maximum absolute atomic E-state index is 9.55. The van der Waals surface area contributed by atoms with E-state index in [1.54, 1.807) is 0 Å². The second-order valence-electron chi connectivity index (χ2n) is 7.33. The lowest BCUT2D eigenvalue weighted by Gasteiger charge is -2.26. The zero-order valence-corrected chi connectivity index (χ0v) is 15.4. The van der Waals surface area contributed by atoms with Gasteiger partial charge in [0.15, 0.2) is 0 Å². The van der Waals surface area contributed by atoms with Crippen LogP contribution in [0.3, 0.4) is 0 Å². The van der Waals surface area contributed by atoms with E-state index in [0.717, 1.165) is 50.9 Å². The number of rotatable bonds is 9. The summed E-state index contributed by atoms with van der Waals surface area (Å²) in [7, 11) is 0. The number of aromatic nitrogens is 2. The van der Waals surface area contributed by atoms with Crippen molar-refractivity contribution >= 4 is 11.8 Å². The normalized spacial score (nSPS) is 19.8. The maximum atomic E-state index is 9.55. The number of aliphatic hydroxyl groups is 1. The van der Waals surface area contributed by atoms with Crippen LogP contribution in [-0.2, 0) is 4.74 Å². The van der Waals surface area contributed by atoms with Crippen LogP contribution in [0.15, 0.2) is 6.07 Å². The van der Waals surface area contributed by atoms with Gasteiger partial charge in [0, 0.05) is 38.2 Å². The van der Waals surface area contributed by atoms with Crippen LogP contribution in [0.2, 0.25) is 0 Å². The summed E-state index contributed by atoms with van der Waals surface area (Å²) in [5.41, 5.74) is 1.10. The van der Waals surface area contributed by atoms with Gasteiger partial charge in [0.25, 0.3) is 0 Å². The van der Waals surface area contributed by atoms with E-state index in [9.17, 15) is 5.11 Å². The van der Waals surface area contributed by atoms with E-state index in [-0.39, 0.29) is 12.6 Å². The molecular weight excluding hydrogens is 318 g/mol. The molecule has 140 valence electrons. The predicted molar refractivity (Wildman–Crippen MR) is 99.1 cm³/mol. The van der Waals surface area contributed by atoms with Gasteiger partial charge in [0.1, 0.15) is 5.82 Å². The first-order valence-corrected chi connectivity index (χ1v) is 9.46. The van der Waals surface area contributed by atoms with Crippen LogP contribution in [0.25, 0.3) is 0 Å². The zero-order valence-electron chi connectivity index (χ0n) is 15.4. The Morgan fingerprint density at radius 1 is 1.28 bits per heavy atom. The average molecular weight is 349 g/mol. The van der Waals surface area contributed by atoms with E-state index in [1.807, 2.05) is 0 Å². The van der Waals surface area contributed by atoms with E-state index >= 15 is 0 Å². The number of nitrogens with one attached hydrogen (secondary N) is 2. The Hall–Kier alpha value is -1.44. The van der Waals surface area contributed by atoms with Gasteiger partial charge in [-0.3, -0.25) is 4.90 Å². The van der Waals surface area contributed by atoms with E-state index in [2.05, 4.69) is 45.4 Å². The third kappa shape index (κ3) is 5.52. The van der Waals surface area contributed by atoms with Crippen LogP contribution in [0.5, 0.6) is 0 Å². The van der Waals surface area contributed by atoms with Crippen LogP contribution in [0.1, 0.15) is 38.3 Å². The lowest BCUT2D eigenvalue weighted by atomic mass is 10.1. The van der Waals surface area contributed by atoms with Crippen LogP contribution in [0.4, 0.5) is 11.8 Å². The van der Waals surface area contributed by atoms with Crippen LogP contribution in [0, 0.1) is 5.92 Å². The molecule has 1 aromatic rings. The fourth-order valence-electron chi connectivity index (χ4n) is 2.97. The van der Waals surface area contributed by atoms with E-state index < -0.39 is 0 Å². The first-order valence-electron chi connectivity index (χ1n) is 9.46. The molecule has 1 atom stereocenters. The lowest BCUT2D eigenvalue weighted by molar-refractivity contribution is 0.0398. The number of aliphatic hydroxyl groups excluding tert-OH is 1. The van der Waals surface area contributed by atoms with Crippen molar-refractivity contribution in [3.05, 3.63) is 11.8 Å². The summed E-state index contributed by atoms with van der Waals surface area (Å²) >= 11 is 0. The van der Waals surface area contributed by atoms with Crippen LogP contribution < -0.4 is 10.6 Å². The summed E-state index contributed by atoms with van der Waals surface area (Å²) in [5, 5.41) is 16.3. The third-order valence-electron chi connectivity index (χ3n) is 4.90. The average Bonchev–Trinajstić information content (AvgIpc) is 3.45. The molecule has 1 saturated carbocycles. The van der Waals surface area contributed by atoms with Crippen LogP contribution >= 0.6 is 0 Å². The van der Waals surface area contributed by atoms with Gasteiger partial charge in [-0.1, -0.05) is 13.8 Å². The number of ether oxygens (including phenoxy) is 1. The zero-order chi connectivity index (χ0) is 17.6. The molecular formula is C18H31N5O2. The minimum Gasteiger partial charge on any atom is -0.394 e. The van der Waals surface area contributed by atoms with Crippen molar-refractivity contribution in [2.24, 2.45) is 5.92 Å². The quantitative estimate of drug-likeness (QED) is 0.623. The molecule has 7 heteroatoms. The molecule has 0 amide bonds. The van der Waals surface area contributed by atoms with Crippen molar-refractivity contribution in [1.82, 2.24) is 14.9 Å². The van der Waals surface area contributed by atoms with Gasteiger partial charge in [0.05, 0.1) is 31.6 Å². The second kappa shape index (κ2) is 8.78. The highest BCUT2D eigenvalue weighted by Crippen LogP contribution is 2.39. The van der Waals surface area contributed by atoms with Gasteiger partial charge in [-0.05, 0) is 18.8 Å². The van der Waals surface area contributed by atoms with Gasteiger partial charge >= 0.3 is 0 Å². The second-order valence-corrected chi connectivity index (χ2v) is 7.33. The van der Waals surface area contributed by atoms with Gasteiger partial charge in [0.2, 0.25) is 5.95 Å².